The summed E-state index contributed by atoms with van der Waals surface area (Å²) in [5, 5.41) is 6.75. The molecule has 2 aliphatic heterocycles. The fourth-order valence-corrected chi connectivity index (χ4v) is 3.38. The molecule has 0 bridgehead atoms. The van der Waals surface area contributed by atoms with Gasteiger partial charge in [0, 0.05) is 32.7 Å². The van der Waals surface area contributed by atoms with Crippen molar-refractivity contribution in [1.82, 2.24) is 29.9 Å². The van der Waals surface area contributed by atoms with E-state index in [1.807, 2.05) is 4.90 Å². The van der Waals surface area contributed by atoms with E-state index in [2.05, 4.69) is 39.0 Å². The van der Waals surface area contributed by atoms with Crippen LogP contribution in [0.15, 0.2) is 6.33 Å². The molecule has 1 atom stereocenters. The highest BCUT2D eigenvalue weighted by Crippen LogP contribution is 2.31. The average Bonchev–Trinajstić information content (AvgIpc) is 3.10. The van der Waals surface area contributed by atoms with Gasteiger partial charge in [0.2, 0.25) is 5.91 Å². The molecule has 0 saturated carbocycles. The van der Waals surface area contributed by atoms with Gasteiger partial charge in [0.1, 0.15) is 12.2 Å². The summed E-state index contributed by atoms with van der Waals surface area (Å²) >= 11 is 0. The lowest BCUT2D eigenvalue weighted by molar-refractivity contribution is -0.142. The molecule has 1 N–H and O–H groups in total. The first kappa shape index (κ1) is 14.5. The van der Waals surface area contributed by atoms with Gasteiger partial charge in [-0.05, 0) is 26.9 Å². The number of hydrogen-bond donors (Lipinski definition) is 1. The van der Waals surface area contributed by atoms with E-state index in [1.54, 1.807) is 0 Å². The van der Waals surface area contributed by atoms with Crippen LogP contribution in [0.4, 0.5) is 0 Å². The van der Waals surface area contributed by atoms with Gasteiger partial charge in [-0.15, -0.1) is 0 Å². The van der Waals surface area contributed by atoms with E-state index in [4.69, 9.17) is 0 Å². The van der Waals surface area contributed by atoms with Crippen molar-refractivity contribution in [1.29, 1.82) is 0 Å². The van der Waals surface area contributed by atoms with E-state index in [-0.39, 0.29) is 5.41 Å². The molecule has 7 nitrogen and oxygen atoms in total. The van der Waals surface area contributed by atoms with Crippen LogP contribution in [0.3, 0.4) is 0 Å². The number of nitrogens with one attached hydrogen (secondary N) is 1. The Morgan fingerprint density at radius 3 is 2.67 bits per heavy atom. The summed E-state index contributed by atoms with van der Waals surface area (Å²) in [5.41, 5.74) is -0.193. The van der Waals surface area contributed by atoms with Crippen LogP contribution in [0.5, 0.6) is 0 Å². The Hall–Kier alpha value is -1.47. The van der Waals surface area contributed by atoms with Crippen LogP contribution in [-0.2, 0) is 11.3 Å². The molecule has 1 aromatic rings. The summed E-state index contributed by atoms with van der Waals surface area (Å²) in [6.07, 6.45) is 2.51. The molecule has 0 aromatic carbocycles. The largest absolute Gasteiger partial charge is 0.340 e. The third-order valence-electron chi connectivity index (χ3n) is 4.68. The standard InChI is InChI=1S/C14H24N6O/c1-14(3-4-18(2)10-14)13(21)20-7-5-19(6-8-20)9-12-15-11-16-17-12/h11H,3-10H2,1-2H3,(H,15,16,17). The van der Waals surface area contributed by atoms with Crippen molar-refractivity contribution in [3.8, 4) is 0 Å². The topological polar surface area (TPSA) is 68.4 Å². The average molecular weight is 292 g/mol. The quantitative estimate of drug-likeness (QED) is 0.835. The maximum Gasteiger partial charge on any atom is 0.229 e. The number of rotatable bonds is 3. The number of H-pyrrole nitrogens is 1. The normalized spacial score (nSPS) is 28.2. The van der Waals surface area contributed by atoms with E-state index in [9.17, 15) is 4.79 Å². The number of hydrogen-bond acceptors (Lipinski definition) is 5. The van der Waals surface area contributed by atoms with Gasteiger partial charge in [0.05, 0.1) is 12.0 Å². The predicted octanol–water partition coefficient (Wildman–Crippen LogP) is -0.209. The van der Waals surface area contributed by atoms with Gasteiger partial charge < -0.3 is 9.80 Å². The van der Waals surface area contributed by atoms with Crippen molar-refractivity contribution in [2.45, 2.75) is 19.9 Å². The zero-order valence-corrected chi connectivity index (χ0v) is 12.9. The number of aromatic amines is 1. The molecule has 2 aliphatic rings. The molecule has 3 heterocycles. The van der Waals surface area contributed by atoms with Crippen LogP contribution in [0.25, 0.3) is 0 Å². The van der Waals surface area contributed by atoms with Crippen LogP contribution in [-0.4, -0.2) is 82.1 Å². The molecule has 116 valence electrons. The van der Waals surface area contributed by atoms with Crippen LogP contribution in [0.2, 0.25) is 0 Å². The molecule has 2 saturated heterocycles. The summed E-state index contributed by atoms with van der Waals surface area (Å²) in [7, 11) is 2.09. The van der Waals surface area contributed by atoms with Crippen LogP contribution in [0.1, 0.15) is 19.2 Å². The molecule has 7 heteroatoms. The first-order valence-corrected chi connectivity index (χ1v) is 7.61. The molecule has 2 fully saturated rings. The van der Waals surface area contributed by atoms with Crippen molar-refractivity contribution in [3.63, 3.8) is 0 Å². The van der Waals surface area contributed by atoms with Crippen LogP contribution in [0, 0.1) is 5.41 Å². The Bertz CT molecular complexity index is 482. The Labute approximate surface area is 125 Å². The summed E-state index contributed by atoms with van der Waals surface area (Å²) < 4.78 is 0. The first-order chi connectivity index (χ1) is 10.1. The lowest BCUT2D eigenvalue weighted by Crippen LogP contribution is -2.52. The minimum atomic E-state index is -0.193. The minimum Gasteiger partial charge on any atom is -0.340 e. The van der Waals surface area contributed by atoms with E-state index in [0.29, 0.717) is 5.91 Å². The number of carbonyl (C=O) groups excluding carboxylic acids is 1. The van der Waals surface area contributed by atoms with Crippen LogP contribution >= 0.6 is 0 Å². The first-order valence-electron chi connectivity index (χ1n) is 7.61. The maximum atomic E-state index is 12.7. The Morgan fingerprint density at radius 1 is 1.33 bits per heavy atom. The third-order valence-corrected chi connectivity index (χ3v) is 4.68. The summed E-state index contributed by atoms with van der Waals surface area (Å²) in [6, 6.07) is 0. The predicted molar refractivity (Wildman–Crippen MR) is 78.5 cm³/mol. The fraction of sp³-hybridized carbons (Fsp3) is 0.786. The lowest BCUT2D eigenvalue weighted by Gasteiger charge is -2.38. The zero-order valence-electron chi connectivity index (χ0n) is 12.9. The number of amides is 1. The lowest BCUT2D eigenvalue weighted by atomic mass is 9.88. The molecular weight excluding hydrogens is 268 g/mol. The van der Waals surface area contributed by atoms with Gasteiger partial charge in [-0.3, -0.25) is 14.8 Å². The van der Waals surface area contributed by atoms with Gasteiger partial charge >= 0.3 is 0 Å². The Kier molecular flexibility index (Phi) is 3.95. The second kappa shape index (κ2) is 5.73. The van der Waals surface area contributed by atoms with Gasteiger partial charge in [-0.1, -0.05) is 0 Å². The van der Waals surface area contributed by atoms with E-state index >= 15 is 0 Å². The number of piperazine rings is 1. The minimum absolute atomic E-state index is 0.193. The van der Waals surface area contributed by atoms with Crippen molar-refractivity contribution in [3.05, 3.63) is 12.2 Å². The molecule has 21 heavy (non-hydrogen) atoms. The second-order valence-electron chi connectivity index (χ2n) is 6.55. The number of nitrogens with zero attached hydrogens (tertiary/aromatic N) is 5. The molecule has 1 aromatic heterocycles. The molecule has 3 rings (SSSR count). The molecule has 0 spiro atoms. The third kappa shape index (κ3) is 3.08. The van der Waals surface area contributed by atoms with Gasteiger partial charge in [0.15, 0.2) is 0 Å². The molecule has 1 unspecified atom stereocenters. The number of carbonyl (C=O) groups is 1. The highest BCUT2D eigenvalue weighted by molar-refractivity contribution is 5.83. The SMILES string of the molecule is CN1CCC(C)(C(=O)N2CCN(Cc3ncn[nH]3)CC2)C1. The molecule has 1 amide bonds. The Morgan fingerprint density at radius 2 is 2.10 bits per heavy atom. The van der Waals surface area contributed by atoms with Gasteiger partial charge in [-0.25, -0.2) is 4.98 Å². The second-order valence-corrected chi connectivity index (χ2v) is 6.55. The van der Waals surface area contributed by atoms with Crippen LogP contribution < -0.4 is 0 Å². The van der Waals surface area contributed by atoms with Gasteiger partial charge in [0.25, 0.3) is 0 Å². The monoisotopic (exact) mass is 292 g/mol. The highest BCUT2D eigenvalue weighted by atomic mass is 16.2. The number of likely N-dealkylation sites (tertiary alicyclic amines) is 1. The Balaban J connectivity index is 1.52. The molecule has 0 aliphatic carbocycles. The fourth-order valence-electron chi connectivity index (χ4n) is 3.38. The van der Waals surface area contributed by atoms with E-state index in [1.165, 1.54) is 6.33 Å². The van der Waals surface area contributed by atoms with Crippen molar-refractivity contribution < 1.29 is 4.79 Å². The molecule has 0 radical (unpaired) electrons. The summed E-state index contributed by atoms with van der Waals surface area (Å²) in [5.74, 6) is 1.21. The number of aromatic nitrogens is 3. The van der Waals surface area contributed by atoms with Crippen molar-refractivity contribution >= 4 is 5.91 Å². The maximum absolute atomic E-state index is 12.7. The highest BCUT2D eigenvalue weighted by Gasteiger charge is 2.41. The smallest absolute Gasteiger partial charge is 0.229 e. The summed E-state index contributed by atoms with van der Waals surface area (Å²) in [6.45, 7) is 8.22. The summed E-state index contributed by atoms with van der Waals surface area (Å²) in [4.78, 5) is 23.5. The van der Waals surface area contributed by atoms with E-state index < -0.39 is 0 Å². The van der Waals surface area contributed by atoms with Crippen molar-refractivity contribution in [2.75, 3.05) is 46.3 Å². The van der Waals surface area contributed by atoms with Gasteiger partial charge in [-0.2, -0.15) is 5.10 Å². The zero-order chi connectivity index (χ0) is 14.9. The molecular formula is C14H24N6O. The van der Waals surface area contributed by atoms with E-state index in [0.717, 1.165) is 58.1 Å². The van der Waals surface area contributed by atoms with Crippen molar-refractivity contribution in [2.24, 2.45) is 5.41 Å².